The minimum atomic E-state index is -4.61. The lowest BCUT2D eigenvalue weighted by Gasteiger charge is -2.09. The molecule has 156 valence electrons. The molecule has 8 heteroatoms. The number of primary amides is 1. The molecule has 4 rings (SSSR count). The fourth-order valence-electron chi connectivity index (χ4n) is 3.55. The molecule has 1 aliphatic rings. The van der Waals surface area contributed by atoms with Crippen molar-refractivity contribution in [3.8, 4) is 10.4 Å². The van der Waals surface area contributed by atoms with Gasteiger partial charge < -0.3 is 5.73 Å². The summed E-state index contributed by atoms with van der Waals surface area (Å²) in [4.78, 5) is 17.0. The van der Waals surface area contributed by atoms with E-state index in [1.165, 1.54) is 11.3 Å². The summed E-state index contributed by atoms with van der Waals surface area (Å²) in [5, 5.41) is 0.591. The van der Waals surface area contributed by atoms with Gasteiger partial charge in [0.2, 0.25) is 5.91 Å². The van der Waals surface area contributed by atoms with Crippen LogP contribution in [0.1, 0.15) is 56.5 Å². The Labute approximate surface area is 174 Å². The highest BCUT2D eigenvalue weighted by Crippen LogP contribution is 2.44. The number of thiazole rings is 1. The van der Waals surface area contributed by atoms with Crippen molar-refractivity contribution in [1.82, 2.24) is 4.98 Å². The molecular weight excluding hydrogens is 416 g/mol. The summed E-state index contributed by atoms with van der Waals surface area (Å²) in [5.41, 5.74) is 7.75. The minimum absolute atomic E-state index is 0.0984. The van der Waals surface area contributed by atoms with Gasteiger partial charge in [-0.1, -0.05) is 6.07 Å². The van der Waals surface area contributed by atoms with Gasteiger partial charge in [-0.25, -0.2) is 9.37 Å². The van der Waals surface area contributed by atoms with Gasteiger partial charge in [-0.15, -0.1) is 11.3 Å². The first-order valence-electron chi connectivity index (χ1n) is 9.39. The first-order valence-corrected chi connectivity index (χ1v) is 10.2. The maximum absolute atomic E-state index is 13.7. The average Bonchev–Trinajstić information content (AvgIpc) is 3.43. The van der Waals surface area contributed by atoms with Crippen molar-refractivity contribution in [2.24, 2.45) is 5.73 Å². The molecule has 1 amide bonds. The normalized spacial score (nSPS) is 14.2. The molecule has 3 nitrogen and oxygen atoms in total. The summed E-state index contributed by atoms with van der Waals surface area (Å²) in [5.74, 6) is -1.06. The second-order valence-corrected chi connectivity index (χ2v) is 8.57. The van der Waals surface area contributed by atoms with Gasteiger partial charge in [-0.05, 0) is 72.7 Å². The molecule has 0 atom stereocenters. The van der Waals surface area contributed by atoms with Gasteiger partial charge >= 0.3 is 6.18 Å². The van der Waals surface area contributed by atoms with E-state index in [1.54, 1.807) is 12.1 Å². The predicted octanol–water partition coefficient (Wildman–Crippen LogP) is 5.84. The first-order chi connectivity index (χ1) is 14.1. The Morgan fingerprint density at radius 3 is 2.57 bits per heavy atom. The summed E-state index contributed by atoms with van der Waals surface area (Å²) in [6, 6.07) is 8.01. The number of benzene rings is 2. The number of halogens is 4. The van der Waals surface area contributed by atoms with Crippen LogP contribution >= 0.6 is 11.3 Å². The van der Waals surface area contributed by atoms with Crippen LogP contribution in [-0.2, 0) is 12.6 Å². The van der Waals surface area contributed by atoms with Crippen LogP contribution in [0, 0.1) is 12.7 Å². The molecular formula is C22H18F4N2OS. The Morgan fingerprint density at radius 1 is 1.20 bits per heavy atom. The Morgan fingerprint density at radius 2 is 1.93 bits per heavy atom. The minimum Gasteiger partial charge on any atom is -0.366 e. The number of hydrogen-bond donors (Lipinski definition) is 1. The Balaban J connectivity index is 1.66. The lowest BCUT2D eigenvalue weighted by Crippen LogP contribution is -2.13. The summed E-state index contributed by atoms with van der Waals surface area (Å²) in [7, 11) is 0. The Hall–Kier alpha value is -2.74. The van der Waals surface area contributed by atoms with Crippen molar-refractivity contribution in [1.29, 1.82) is 0 Å². The van der Waals surface area contributed by atoms with Gasteiger partial charge in [-0.2, -0.15) is 13.2 Å². The largest absolute Gasteiger partial charge is 0.416 e. The first kappa shape index (κ1) is 20.5. The van der Waals surface area contributed by atoms with Gasteiger partial charge in [0.05, 0.1) is 21.1 Å². The topological polar surface area (TPSA) is 56.0 Å². The molecule has 1 aliphatic carbocycles. The number of carbonyl (C=O) groups excluding carboxylic acids is 1. The molecule has 0 spiro atoms. The van der Waals surface area contributed by atoms with E-state index in [4.69, 9.17) is 5.73 Å². The molecule has 1 aromatic heterocycles. The molecule has 0 unspecified atom stereocenters. The van der Waals surface area contributed by atoms with Gasteiger partial charge in [0, 0.05) is 12.0 Å². The van der Waals surface area contributed by atoms with Gasteiger partial charge in [0.15, 0.2) is 0 Å². The molecule has 1 fully saturated rings. The van der Waals surface area contributed by atoms with Gasteiger partial charge in [0.1, 0.15) is 5.82 Å². The molecule has 1 heterocycles. The second kappa shape index (κ2) is 7.50. The smallest absolute Gasteiger partial charge is 0.366 e. The maximum Gasteiger partial charge on any atom is 0.416 e. The summed E-state index contributed by atoms with van der Waals surface area (Å²) < 4.78 is 52.6. The number of aromatic nitrogens is 1. The van der Waals surface area contributed by atoms with Crippen LogP contribution in [0.25, 0.3) is 10.4 Å². The number of carbonyl (C=O) groups is 1. The van der Waals surface area contributed by atoms with E-state index in [-0.39, 0.29) is 12.0 Å². The SMILES string of the molecule is Cc1nc(Cc2cc(F)cc(C(F)(F)F)c2)sc1-c1ccc(C(N)=O)c(C2CC2)c1. The zero-order chi connectivity index (χ0) is 21.6. The van der Waals surface area contributed by atoms with E-state index in [1.807, 2.05) is 13.0 Å². The molecule has 0 bridgehead atoms. The van der Waals surface area contributed by atoms with E-state index in [2.05, 4.69) is 4.98 Å². The highest BCUT2D eigenvalue weighted by atomic mass is 32.1. The van der Waals surface area contributed by atoms with Crippen LogP contribution in [-0.4, -0.2) is 10.9 Å². The molecule has 0 radical (unpaired) electrons. The lowest BCUT2D eigenvalue weighted by atomic mass is 9.98. The van der Waals surface area contributed by atoms with Gasteiger partial charge in [-0.3, -0.25) is 4.79 Å². The Bertz CT molecular complexity index is 1130. The van der Waals surface area contributed by atoms with Crippen molar-refractivity contribution < 1.29 is 22.4 Å². The fourth-order valence-corrected chi connectivity index (χ4v) is 4.64. The van der Waals surface area contributed by atoms with E-state index >= 15 is 0 Å². The van der Waals surface area contributed by atoms with Crippen molar-refractivity contribution in [3.05, 3.63) is 75.2 Å². The number of hydrogen-bond acceptors (Lipinski definition) is 3. The summed E-state index contributed by atoms with van der Waals surface area (Å²) in [6.07, 6.45) is -2.49. The zero-order valence-corrected chi connectivity index (χ0v) is 16.8. The fraction of sp³-hybridized carbons (Fsp3) is 0.273. The van der Waals surface area contributed by atoms with Crippen molar-refractivity contribution in [2.75, 3.05) is 0 Å². The van der Waals surface area contributed by atoms with Crippen LogP contribution in [0.15, 0.2) is 36.4 Å². The third-order valence-corrected chi connectivity index (χ3v) is 6.28. The predicted molar refractivity (Wildman–Crippen MR) is 107 cm³/mol. The molecule has 30 heavy (non-hydrogen) atoms. The number of alkyl halides is 3. The van der Waals surface area contributed by atoms with E-state index in [0.717, 1.165) is 46.7 Å². The molecule has 0 aliphatic heterocycles. The van der Waals surface area contributed by atoms with E-state index < -0.39 is 23.5 Å². The standard InChI is InChI=1S/C22H18F4N2OS/c1-11-20(14-4-5-17(21(27)29)18(9-14)13-2-3-13)30-19(28-11)8-12-6-15(22(24,25)26)10-16(23)7-12/h4-7,9-10,13H,2-3,8H2,1H3,(H2,27,29). The molecule has 0 saturated heterocycles. The monoisotopic (exact) mass is 434 g/mol. The van der Waals surface area contributed by atoms with Crippen LogP contribution in [0.2, 0.25) is 0 Å². The number of nitrogens with zero attached hydrogens (tertiary/aromatic N) is 1. The molecule has 3 aromatic rings. The van der Waals surface area contributed by atoms with E-state index in [0.29, 0.717) is 22.6 Å². The van der Waals surface area contributed by atoms with Crippen molar-refractivity contribution in [2.45, 2.75) is 38.3 Å². The van der Waals surface area contributed by atoms with Crippen LogP contribution in [0.4, 0.5) is 17.6 Å². The molecule has 1 saturated carbocycles. The zero-order valence-electron chi connectivity index (χ0n) is 16.0. The van der Waals surface area contributed by atoms with Crippen molar-refractivity contribution in [3.63, 3.8) is 0 Å². The average molecular weight is 434 g/mol. The summed E-state index contributed by atoms with van der Waals surface area (Å²) in [6.45, 7) is 1.82. The lowest BCUT2D eigenvalue weighted by molar-refractivity contribution is -0.137. The van der Waals surface area contributed by atoms with Crippen molar-refractivity contribution >= 4 is 17.2 Å². The molecule has 2 N–H and O–H groups in total. The van der Waals surface area contributed by atoms with Crippen LogP contribution < -0.4 is 5.73 Å². The maximum atomic E-state index is 13.7. The number of nitrogens with two attached hydrogens (primary N) is 1. The number of aryl methyl sites for hydroxylation is 1. The van der Waals surface area contributed by atoms with Crippen LogP contribution in [0.5, 0.6) is 0 Å². The number of amides is 1. The quantitative estimate of drug-likeness (QED) is 0.513. The van der Waals surface area contributed by atoms with E-state index in [9.17, 15) is 22.4 Å². The third kappa shape index (κ3) is 4.23. The highest BCUT2D eigenvalue weighted by molar-refractivity contribution is 7.15. The van der Waals surface area contributed by atoms with Gasteiger partial charge in [0.25, 0.3) is 0 Å². The number of rotatable bonds is 5. The highest BCUT2D eigenvalue weighted by Gasteiger charge is 2.31. The second-order valence-electron chi connectivity index (χ2n) is 7.49. The summed E-state index contributed by atoms with van der Waals surface area (Å²) >= 11 is 1.35. The Kier molecular flexibility index (Phi) is 5.13. The van der Waals surface area contributed by atoms with Crippen LogP contribution in [0.3, 0.4) is 0 Å². The third-order valence-electron chi connectivity index (χ3n) is 5.08. The molecule has 2 aromatic carbocycles.